The van der Waals surface area contributed by atoms with Crippen LogP contribution in [0.3, 0.4) is 0 Å². The van der Waals surface area contributed by atoms with Crippen molar-refractivity contribution in [2.75, 3.05) is 14.2 Å². The second kappa shape index (κ2) is 8.69. The largest absolute Gasteiger partial charge is 0.493 e. The third kappa shape index (κ3) is 3.77. The quantitative estimate of drug-likeness (QED) is 0.394. The van der Waals surface area contributed by atoms with Crippen LogP contribution in [0.5, 0.6) is 23.0 Å². The van der Waals surface area contributed by atoms with E-state index in [1.54, 1.807) is 30.3 Å². The number of hydrogen-bond donors (Lipinski definition) is 4. The molecule has 3 aromatic carbocycles. The zero-order chi connectivity index (χ0) is 23.7. The topological polar surface area (TPSA) is 144 Å². The number of carbonyl (C=O) groups is 2. The van der Waals surface area contributed by atoms with Gasteiger partial charge in [0.15, 0.2) is 23.0 Å². The van der Waals surface area contributed by atoms with E-state index in [1.807, 2.05) is 0 Å². The smallest absolute Gasteiger partial charge is 0.336 e. The summed E-state index contributed by atoms with van der Waals surface area (Å²) in [5.41, 5.74) is 3.13. The lowest BCUT2D eigenvalue weighted by Crippen LogP contribution is -2.14. The number of carboxylic acid groups (broad SMARTS) is 2. The standard InChI is InChI=1S/C23H19NO9/c1-30-17-8-13-12(4-6-20(26)27)15(10-25)22(23(28)29)21(14(13)9-18(17)31-2)11-3-5-16-19(7-11)33-24-32-16/h3-9,24-25H,10H2,1-2H3,(H,26,27)(H,28,29)/b6-4+. The monoisotopic (exact) mass is 453 g/mol. The molecule has 1 heterocycles. The van der Waals surface area contributed by atoms with Gasteiger partial charge in [-0.15, -0.1) is 0 Å². The number of methoxy groups -OCH3 is 2. The van der Waals surface area contributed by atoms with Gasteiger partial charge in [0.1, 0.15) is 0 Å². The molecular weight excluding hydrogens is 434 g/mol. The Labute approximate surface area is 187 Å². The lowest BCUT2D eigenvalue weighted by molar-refractivity contribution is -0.131. The average Bonchev–Trinajstić information content (AvgIpc) is 3.28. The van der Waals surface area contributed by atoms with Crippen LogP contribution >= 0.6 is 0 Å². The van der Waals surface area contributed by atoms with Crippen LogP contribution in [0.4, 0.5) is 0 Å². The molecule has 0 saturated carbocycles. The Morgan fingerprint density at radius 2 is 1.67 bits per heavy atom. The maximum Gasteiger partial charge on any atom is 0.336 e. The Balaban J connectivity index is 2.19. The summed E-state index contributed by atoms with van der Waals surface area (Å²) in [7, 11) is 2.89. The molecule has 33 heavy (non-hydrogen) atoms. The van der Waals surface area contributed by atoms with E-state index in [0.717, 1.165) is 6.08 Å². The number of hydrogen-bond acceptors (Lipinski definition) is 8. The van der Waals surface area contributed by atoms with Crippen LogP contribution in [-0.2, 0) is 11.4 Å². The van der Waals surface area contributed by atoms with Crippen LogP contribution in [0.2, 0.25) is 0 Å². The molecule has 4 N–H and O–H groups in total. The second-order valence-corrected chi connectivity index (χ2v) is 6.98. The number of aromatic carboxylic acids is 1. The van der Waals surface area contributed by atoms with E-state index in [9.17, 15) is 19.8 Å². The van der Waals surface area contributed by atoms with Gasteiger partial charge in [-0.3, -0.25) is 0 Å². The van der Waals surface area contributed by atoms with Gasteiger partial charge in [-0.2, -0.15) is 0 Å². The summed E-state index contributed by atoms with van der Waals surface area (Å²) in [5, 5.41) is 30.4. The molecule has 10 nitrogen and oxygen atoms in total. The first-order chi connectivity index (χ1) is 15.9. The van der Waals surface area contributed by atoms with E-state index < -0.39 is 18.5 Å². The first-order valence-corrected chi connectivity index (χ1v) is 9.62. The van der Waals surface area contributed by atoms with Crippen molar-refractivity contribution in [1.82, 2.24) is 5.64 Å². The minimum absolute atomic E-state index is 0.0468. The molecule has 0 atom stereocenters. The summed E-state index contributed by atoms with van der Waals surface area (Å²) in [6.07, 6.45) is 2.13. The van der Waals surface area contributed by atoms with Crippen LogP contribution in [0.1, 0.15) is 21.5 Å². The fourth-order valence-corrected chi connectivity index (χ4v) is 3.87. The highest BCUT2D eigenvalue weighted by atomic mass is 16.9. The summed E-state index contributed by atoms with van der Waals surface area (Å²) in [4.78, 5) is 34.0. The Bertz CT molecular complexity index is 1310. The lowest BCUT2D eigenvalue weighted by Gasteiger charge is -2.20. The van der Waals surface area contributed by atoms with Crippen molar-refractivity contribution in [3.8, 4) is 34.1 Å². The van der Waals surface area contributed by atoms with Gasteiger partial charge in [0.2, 0.25) is 0 Å². The molecule has 0 saturated heterocycles. The molecule has 4 rings (SSSR count). The van der Waals surface area contributed by atoms with Crippen molar-refractivity contribution in [2.45, 2.75) is 6.61 Å². The first kappa shape index (κ1) is 21.9. The summed E-state index contributed by atoms with van der Waals surface area (Å²) in [6, 6.07) is 8.08. The van der Waals surface area contributed by atoms with Crippen LogP contribution in [0.15, 0.2) is 36.4 Å². The molecule has 0 aromatic heterocycles. The zero-order valence-corrected chi connectivity index (χ0v) is 17.5. The predicted molar refractivity (Wildman–Crippen MR) is 116 cm³/mol. The van der Waals surface area contributed by atoms with Crippen LogP contribution in [0, 0.1) is 0 Å². The van der Waals surface area contributed by atoms with Crippen molar-refractivity contribution in [3.05, 3.63) is 53.1 Å². The van der Waals surface area contributed by atoms with Crippen molar-refractivity contribution in [2.24, 2.45) is 0 Å². The van der Waals surface area contributed by atoms with Gasteiger partial charge in [0, 0.05) is 22.8 Å². The number of aliphatic carboxylic acids is 1. The van der Waals surface area contributed by atoms with E-state index in [2.05, 4.69) is 5.64 Å². The van der Waals surface area contributed by atoms with Crippen molar-refractivity contribution >= 4 is 28.8 Å². The number of rotatable bonds is 7. The SMILES string of the molecule is COc1cc2c(/C=C/C(=O)O)c(CO)c(C(=O)O)c(-c3ccc4c(c3)ONO4)c2cc1OC. The van der Waals surface area contributed by atoms with Crippen LogP contribution in [0.25, 0.3) is 28.0 Å². The third-order valence-electron chi connectivity index (χ3n) is 5.26. The molecule has 0 fully saturated rings. The Hall–Kier alpha value is -4.28. The zero-order valence-electron chi connectivity index (χ0n) is 17.5. The second-order valence-electron chi connectivity index (χ2n) is 6.98. The molecule has 0 aliphatic carbocycles. The molecule has 0 amide bonds. The number of ether oxygens (including phenoxy) is 2. The fourth-order valence-electron chi connectivity index (χ4n) is 3.87. The number of benzene rings is 3. The Morgan fingerprint density at radius 1 is 1.00 bits per heavy atom. The minimum atomic E-state index is -1.30. The molecular formula is C23H19NO9. The molecule has 0 spiro atoms. The normalized spacial score (nSPS) is 12.3. The van der Waals surface area contributed by atoms with E-state index in [4.69, 9.17) is 24.3 Å². The van der Waals surface area contributed by atoms with Crippen molar-refractivity contribution in [3.63, 3.8) is 0 Å². The molecule has 0 unspecified atom stereocenters. The Kier molecular flexibility index (Phi) is 5.78. The third-order valence-corrected chi connectivity index (χ3v) is 5.26. The molecule has 3 aromatic rings. The highest BCUT2D eigenvalue weighted by Gasteiger charge is 2.26. The minimum Gasteiger partial charge on any atom is -0.493 e. The van der Waals surface area contributed by atoms with E-state index in [1.165, 1.54) is 20.3 Å². The number of aliphatic hydroxyl groups excluding tert-OH is 1. The first-order valence-electron chi connectivity index (χ1n) is 9.62. The van der Waals surface area contributed by atoms with Gasteiger partial charge in [0.25, 0.3) is 0 Å². The highest BCUT2D eigenvalue weighted by Crippen LogP contribution is 2.45. The Morgan fingerprint density at radius 3 is 2.27 bits per heavy atom. The van der Waals surface area contributed by atoms with E-state index in [-0.39, 0.29) is 22.3 Å². The molecule has 170 valence electrons. The number of carboxylic acids is 2. The van der Waals surface area contributed by atoms with Crippen LogP contribution < -0.4 is 24.8 Å². The van der Waals surface area contributed by atoms with Gasteiger partial charge in [-0.05, 0) is 52.2 Å². The van der Waals surface area contributed by atoms with Crippen LogP contribution in [-0.4, -0.2) is 41.5 Å². The molecule has 1 aliphatic heterocycles. The van der Waals surface area contributed by atoms with Gasteiger partial charge in [-0.1, -0.05) is 6.07 Å². The number of nitrogens with one attached hydrogen (secondary N) is 1. The maximum atomic E-state index is 12.4. The average molecular weight is 453 g/mol. The number of aliphatic hydroxyl groups is 1. The molecule has 0 radical (unpaired) electrons. The summed E-state index contributed by atoms with van der Waals surface area (Å²) in [5.74, 6) is -1.07. The maximum absolute atomic E-state index is 12.4. The van der Waals surface area contributed by atoms with Crippen molar-refractivity contribution in [1.29, 1.82) is 0 Å². The predicted octanol–water partition coefficient (Wildman–Crippen LogP) is 3.00. The van der Waals surface area contributed by atoms with Crippen molar-refractivity contribution < 1.29 is 44.1 Å². The molecule has 0 bridgehead atoms. The molecule has 1 aliphatic rings. The fraction of sp³-hybridized carbons (Fsp3) is 0.130. The van der Waals surface area contributed by atoms with Gasteiger partial charge in [-0.25, -0.2) is 9.59 Å². The number of fused-ring (bicyclic) bond motifs is 2. The lowest BCUT2D eigenvalue weighted by atomic mass is 9.85. The summed E-state index contributed by atoms with van der Waals surface area (Å²) in [6.45, 7) is -0.648. The molecule has 10 heteroatoms. The van der Waals surface area contributed by atoms with E-state index >= 15 is 0 Å². The van der Waals surface area contributed by atoms with Gasteiger partial charge < -0.3 is 34.5 Å². The van der Waals surface area contributed by atoms with Gasteiger partial charge in [0.05, 0.1) is 26.4 Å². The van der Waals surface area contributed by atoms with E-state index in [0.29, 0.717) is 39.3 Å². The highest BCUT2D eigenvalue weighted by molar-refractivity contribution is 6.13. The summed E-state index contributed by atoms with van der Waals surface area (Å²) < 4.78 is 10.8. The van der Waals surface area contributed by atoms with Gasteiger partial charge >= 0.3 is 11.9 Å². The summed E-state index contributed by atoms with van der Waals surface area (Å²) >= 11 is 0.